The second kappa shape index (κ2) is 5.69. The van der Waals surface area contributed by atoms with Crippen molar-refractivity contribution in [2.75, 3.05) is 11.9 Å². The molecular formula is C13H17ClN2O2. The molecule has 0 bridgehead atoms. The molecule has 0 aliphatic carbocycles. The molecule has 3 N–H and O–H groups in total. The summed E-state index contributed by atoms with van der Waals surface area (Å²) in [6.07, 6.45) is 1.18. The van der Waals surface area contributed by atoms with Crippen LogP contribution >= 0.6 is 11.6 Å². The lowest BCUT2D eigenvalue weighted by Crippen LogP contribution is -2.30. The number of nitrogens with two attached hydrogens (primary N) is 1. The first-order valence-corrected chi connectivity index (χ1v) is 6.40. The van der Waals surface area contributed by atoms with Gasteiger partial charge in [0.25, 0.3) is 5.91 Å². The van der Waals surface area contributed by atoms with Gasteiger partial charge < -0.3 is 15.8 Å². The Kier molecular flexibility index (Phi) is 4.22. The van der Waals surface area contributed by atoms with Crippen LogP contribution in [0.2, 0.25) is 5.02 Å². The van der Waals surface area contributed by atoms with Crippen LogP contribution in [0.5, 0.6) is 0 Å². The number of aryl methyl sites for hydroxylation is 1. The van der Waals surface area contributed by atoms with Crippen molar-refractivity contribution in [2.45, 2.75) is 32.0 Å². The fraction of sp³-hybridized carbons (Fsp3) is 0.462. The van der Waals surface area contributed by atoms with E-state index in [0.717, 1.165) is 24.1 Å². The van der Waals surface area contributed by atoms with E-state index in [1.165, 1.54) is 0 Å². The van der Waals surface area contributed by atoms with Crippen molar-refractivity contribution in [2.24, 2.45) is 5.73 Å². The van der Waals surface area contributed by atoms with Crippen LogP contribution in [0.15, 0.2) is 18.2 Å². The van der Waals surface area contributed by atoms with E-state index in [2.05, 4.69) is 5.32 Å². The summed E-state index contributed by atoms with van der Waals surface area (Å²) >= 11 is 5.87. The first-order chi connectivity index (χ1) is 8.60. The Morgan fingerprint density at radius 3 is 2.94 bits per heavy atom. The Bertz CT molecular complexity index is 451. The normalized spacial score (nSPS) is 23.1. The molecule has 1 heterocycles. The van der Waals surface area contributed by atoms with Crippen LogP contribution in [-0.4, -0.2) is 24.7 Å². The molecule has 1 aromatic rings. The first kappa shape index (κ1) is 13.3. The molecule has 1 aromatic carbocycles. The van der Waals surface area contributed by atoms with Crippen LogP contribution in [0.1, 0.15) is 18.4 Å². The van der Waals surface area contributed by atoms with Crippen LogP contribution in [0.4, 0.5) is 5.69 Å². The summed E-state index contributed by atoms with van der Waals surface area (Å²) in [6, 6.07) is 5.36. The third kappa shape index (κ3) is 3.02. The molecule has 0 radical (unpaired) electrons. The standard InChI is InChI=1S/C13H17ClN2O2/c1-8-6-9(14)2-4-11(8)16-13(17)12-5-3-10(7-15)18-12/h2,4,6,10,12H,3,5,7,15H2,1H3,(H,16,17)/t10-,12+/m1/s1. The van der Waals surface area contributed by atoms with Gasteiger partial charge in [0, 0.05) is 17.3 Å². The molecule has 5 heteroatoms. The van der Waals surface area contributed by atoms with Gasteiger partial charge in [0.1, 0.15) is 6.10 Å². The molecule has 1 amide bonds. The molecule has 4 nitrogen and oxygen atoms in total. The number of anilines is 1. The fourth-order valence-electron chi connectivity index (χ4n) is 2.05. The molecule has 0 saturated carbocycles. The lowest BCUT2D eigenvalue weighted by Gasteiger charge is -2.14. The predicted octanol–water partition coefficient (Wildman–Crippen LogP) is 2.09. The average Bonchev–Trinajstić information content (AvgIpc) is 2.81. The summed E-state index contributed by atoms with van der Waals surface area (Å²) < 4.78 is 5.55. The first-order valence-electron chi connectivity index (χ1n) is 6.02. The van der Waals surface area contributed by atoms with E-state index >= 15 is 0 Å². The topological polar surface area (TPSA) is 64.4 Å². The molecule has 1 saturated heterocycles. The number of carbonyl (C=O) groups is 1. The summed E-state index contributed by atoms with van der Waals surface area (Å²) in [5, 5.41) is 3.52. The number of amides is 1. The smallest absolute Gasteiger partial charge is 0.253 e. The maximum atomic E-state index is 12.0. The molecule has 1 aliphatic heterocycles. The van der Waals surface area contributed by atoms with Gasteiger partial charge in [-0.05, 0) is 43.5 Å². The van der Waals surface area contributed by atoms with Crippen LogP contribution < -0.4 is 11.1 Å². The molecule has 1 aliphatic rings. The number of hydrogen-bond acceptors (Lipinski definition) is 3. The van der Waals surface area contributed by atoms with E-state index in [4.69, 9.17) is 22.1 Å². The molecule has 2 atom stereocenters. The Balaban J connectivity index is 1.99. The third-order valence-corrected chi connectivity index (χ3v) is 3.34. The molecule has 18 heavy (non-hydrogen) atoms. The zero-order valence-electron chi connectivity index (χ0n) is 10.3. The van der Waals surface area contributed by atoms with Crippen LogP contribution in [0, 0.1) is 6.92 Å². The maximum Gasteiger partial charge on any atom is 0.253 e. The molecule has 98 valence electrons. The Hall–Kier alpha value is -1.10. The second-order valence-electron chi connectivity index (χ2n) is 4.51. The van der Waals surface area contributed by atoms with E-state index < -0.39 is 6.10 Å². The Morgan fingerprint density at radius 2 is 2.33 bits per heavy atom. The second-order valence-corrected chi connectivity index (χ2v) is 4.94. The minimum Gasteiger partial charge on any atom is -0.364 e. The highest BCUT2D eigenvalue weighted by Crippen LogP contribution is 2.23. The molecule has 0 unspecified atom stereocenters. The van der Waals surface area contributed by atoms with Crippen molar-refractivity contribution in [3.05, 3.63) is 28.8 Å². The number of rotatable bonds is 3. The van der Waals surface area contributed by atoms with Gasteiger partial charge in [-0.15, -0.1) is 0 Å². The van der Waals surface area contributed by atoms with E-state index in [0.29, 0.717) is 11.6 Å². The lowest BCUT2D eigenvalue weighted by molar-refractivity contribution is -0.126. The maximum absolute atomic E-state index is 12.0. The molecule has 1 fully saturated rings. The van der Waals surface area contributed by atoms with Crippen molar-refractivity contribution in [3.63, 3.8) is 0 Å². The summed E-state index contributed by atoms with van der Waals surface area (Å²) in [5.74, 6) is -0.114. The van der Waals surface area contributed by atoms with E-state index in [1.54, 1.807) is 12.1 Å². The molecule has 0 spiro atoms. The minimum absolute atomic E-state index is 0.00654. The van der Waals surface area contributed by atoms with Crippen molar-refractivity contribution in [1.82, 2.24) is 0 Å². The lowest BCUT2D eigenvalue weighted by atomic mass is 10.1. The minimum atomic E-state index is -0.395. The van der Waals surface area contributed by atoms with Gasteiger partial charge in [0.15, 0.2) is 0 Å². The van der Waals surface area contributed by atoms with Gasteiger partial charge in [-0.1, -0.05) is 11.6 Å². The van der Waals surface area contributed by atoms with Gasteiger partial charge in [-0.25, -0.2) is 0 Å². The van der Waals surface area contributed by atoms with Crippen molar-refractivity contribution >= 4 is 23.2 Å². The average molecular weight is 269 g/mol. The monoisotopic (exact) mass is 268 g/mol. The summed E-state index contributed by atoms with van der Waals surface area (Å²) in [4.78, 5) is 12.0. The van der Waals surface area contributed by atoms with Crippen molar-refractivity contribution in [3.8, 4) is 0 Å². The van der Waals surface area contributed by atoms with E-state index in [9.17, 15) is 4.79 Å². The largest absolute Gasteiger partial charge is 0.364 e. The summed E-state index contributed by atoms with van der Waals surface area (Å²) in [6.45, 7) is 2.36. The molecular weight excluding hydrogens is 252 g/mol. The Labute approximate surface area is 111 Å². The zero-order chi connectivity index (χ0) is 13.1. The molecule has 0 aromatic heterocycles. The highest BCUT2D eigenvalue weighted by atomic mass is 35.5. The number of nitrogens with one attached hydrogen (secondary N) is 1. The van der Waals surface area contributed by atoms with Crippen LogP contribution in [0.3, 0.4) is 0 Å². The number of hydrogen-bond donors (Lipinski definition) is 2. The van der Waals surface area contributed by atoms with Gasteiger partial charge in [-0.2, -0.15) is 0 Å². The molecule has 2 rings (SSSR count). The number of halogens is 1. The van der Waals surface area contributed by atoms with Gasteiger partial charge in [0.05, 0.1) is 6.10 Å². The third-order valence-electron chi connectivity index (χ3n) is 3.11. The summed E-state index contributed by atoms with van der Waals surface area (Å²) in [5.41, 5.74) is 7.22. The van der Waals surface area contributed by atoms with Crippen LogP contribution in [0.25, 0.3) is 0 Å². The highest BCUT2D eigenvalue weighted by Gasteiger charge is 2.29. The van der Waals surface area contributed by atoms with Gasteiger partial charge in [0.2, 0.25) is 0 Å². The number of ether oxygens (including phenoxy) is 1. The van der Waals surface area contributed by atoms with Crippen molar-refractivity contribution < 1.29 is 9.53 Å². The van der Waals surface area contributed by atoms with Gasteiger partial charge >= 0.3 is 0 Å². The highest BCUT2D eigenvalue weighted by molar-refractivity contribution is 6.30. The van der Waals surface area contributed by atoms with Gasteiger partial charge in [-0.3, -0.25) is 4.79 Å². The SMILES string of the molecule is Cc1cc(Cl)ccc1NC(=O)[C@@H]1CC[C@H](CN)O1. The zero-order valence-corrected chi connectivity index (χ0v) is 11.0. The number of carbonyl (C=O) groups excluding carboxylic acids is 1. The summed E-state index contributed by atoms with van der Waals surface area (Å²) in [7, 11) is 0. The van der Waals surface area contributed by atoms with E-state index in [1.807, 2.05) is 13.0 Å². The fourth-order valence-corrected chi connectivity index (χ4v) is 2.28. The van der Waals surface area contributed by atoms with Crippen molar-refractivity contribution in [1.29, 1.82) is 0 Å². The Morgan fingerprint density at radius 1 is 1.56 bits per heavy atom. The quantitative estimate of drug-likeness (QED) is 0.882. The number of benzene rings is 1. The predicted molar refractivity (Wildman–Crippen MR) is 71.8 cm³/mol. The van der Waals surface area contributed by atoms with Crippen LogP contribution in [-0.2, 0) is 9.53 Å². The van der Waals surface area contributed by atoms with E-state index in [-0.39, 0.29) is 12.0 Å².